The van der Waals surface area contributed by atoms with Gasteiger partial charge in [-0.05, 0) is 24.6 Å². The minimum absolute atomic E-state index is 0.0612. The molecule has 1 heterocycles. The lowest BCUT2D eigenvalue weighted by molar-refractivity contribution is -0.116. The molecule has 0 aliphatic rings. The van der Waals surface area contributed by atoms with Crippen molar-refractivity contribution in [2.45, 2.75) is 84.0 Å². The third-order valence-corrected chi connectivity index (χ3v) is 5.77. The summed E-state index contributed by atoms with van der Waals surface area (Å²) in [7, 11) is 0. The predicted octanol–water partition coefficient (Wildman–Crippen LogP) is 7.59. The van der Waals surface area contributed by atoms with Crippen molar-refractivity contribution in [3.63, 3.8) is 0 Å². The number of fused-ring (bicyclic) bond motifs is 1. The molecular formula is C21H31ClN2OS. The van der Waals surface area contributed by atoms with E-state index in [1.165, 1.54) is 69.1 Å². The smallest absolute Gasteiger partial charge is 0.226 e. The first kappa shape index (κ1) is 21.2. The molecule has 2 rings (SSSR count). The highest BCUT2D eigenvalue weighted by atomic mass is 35.5. The number of halogens is 1. The molecule has 0 aliphatic heterocycles. The van der Waals surface area contributed by atoms with Crippen LogP contribution in [0.4, 0.5) is 5.13 Å². The number of hydrogen-bond donors (Lipinski definition) is 1. The fraction of sp³-hybridized carbons (Fsp3) is 0.619. The molecular weight excluding hydrogens is 364 g/mol. The van der Waals surface area contributed by atoms with Gasteiger partial charge in [0, 0.05) is 11.4 Å². The Hall–Kier alpha value is -1.13. The van der Waals surface area contributed by atoms with Crippen LogP contribution >= 0.6 is 22.9 Å². The number of carbonyl (C=O) groups is 1. The Morgan fingerprint density at radius 2 is 1.62 bits per heavy atom. The normalized spacial score (nSPS) is 11.2. The van der Waals surface area contributed by atoms with E-state index in [0.29, 0.717) is 16.6 Å². The lowest BCUT2D eigenvalue weighted by Gasteiger charge is -2.03. The summed E-state index contributed by atoms with van der Waals surface area (Å²) in [6, 6.07) is 5.59. The van der Waals surface area contributed by atoms with Crippen LogP contribution in [0.3, 0.4) is 0 Å². The van der Waals surface area contributed by atoms with Crippen molar-refractivity contribution in [3.8, 4) is 0 Å². The van der Waals surface area contributed by atoms with E-state index in [4.69, 9.17) is 11.6 Å². The Morgan fingerprint density at radius 3 is 2.27 bits per heavy atom. The van der Waals surface area contributed by atoms with E-state index >= 15 is 0 Å². The van der Waals surface area contributed by atoms with Gasteiger partial charge in [0.15, 0.2) is 5.13 Å². The number of carbonyl (C=O) groups excluding carboxylic acids is 1. The number of aromatic nitrogens is 1. The van der Waals surface area contributed by atoms with Crippen molar-refractivity contribution in [2.75, 3.05) is 5.32 Å². The summed E-state index contributed by atoms with van der Waals surface area (Å²) in [5.74, 6) is 0.0612. The number of thiazole rings is 1. The zero-order chi connectivity index (χ0) is 18.6. The van der Waals surface area contributed by atoms with Crippen LogP contribution in [0.2, 0.25) is 5.02 Å². The summed E-state index contributed by atoms with van der Waals surface area (Å²) in [5, 5.41) is 4.27. The molecule has 144 valence electrons. The van der Waals surface area contributed by atoms with Crippen molar-refractivity contribution in [2.24, 2.45) is 0 Å². The van der Waals surface area contributed by atoms with Gasteiger partial charge in [0.1, 0.15) is 0 Å². The highest BCUT2D eigenvalue weighted by Crippen LogP contribution is 2.28. The quantitative estimate of drug-likeness (QED) is 0.355. The largest absolute Gasteiger partial charge is 0.302 e. The second-order valence-corrected chi connectivity index (χ2v) is 8.43. The van der Waals surface area contributed by atoms with Gasteiger partial charge in [0.2, 0.25) is 5.91 Å². The Morgan fingerprint density at radius 1 is 1.00 bits per heavy atom. The van der Waals surface area contributed by atoms with E-state index < -0.39 is 0 Å². The van der Waals surface area contributed by atoms with Crippen LogP contribution in [-0.2, 0) is 4.79 Å². The second-order valence-electron chi connectivity index (χ2n) is 6.96. The van der Waals surface area contributed by atoms with Crippen LogP contribution in [0.25, 0.3) is 10.2 Å². The van der Waals surface area contributed by atoms with Gasteiger partial charge in [-0.15, -0.1) is 0 Å². The van der Waals surface area contributed by atoms with Gasteiger partial charge in [-0.2, -0.15) is 0 Å². The fourth-order valence-corrected chi connectivity index (χ4v) is 4.24. The number of benzene rings is 1. The molecule has 0 fully saturated rings. The highest BCUT2D eigenvalue weighted by Gasteiger charge is 2.08. The number of nitrogens with one attached hydrogen (secondary N) is 1. The average molecular weight is 395 g/mol. The second kappa shape index (κ2) is 12.3. The highest BCUT2D eigenvalue weighted by molar-refractivity contribution is 7.22. The average Bonchev–Trinajstić information content (AvgIpc) is 3.00. The Kier molecular flexibility index (Phi) is 10.0. The first-order valence-corrected chi connectivity index (χ1v) is 11.2. The summed E-state index contributed by atoms with van der Waals surface area (Å²) >= 11 is 7.46. The maximum atomic E-state index is 12.0. The van der Waals surface area contributed by atoms with Crippen LogP contribution in [0.5, 0.6) is 0 Å². The Bertz CT molecular complexity index is 671. The van der Waals surface area contributed by atoms with Gasteiger partial charge in [-0.25, -0.2) is 4.98 Å². The molecule has 1 N–H and O–H groups in total. The monoisotopic (exact) mass is 394 g/mol. The topological polar surface area (TPSA) is 42.0 Å². The summed E-state index contributed by atoms with van der Waals surface area (Å²) in [5.41, 5.74) is 0.879. The fourth-order valence-electron chi connectivity index (χ4n) is 3.08. The van der Waals surface area contributed by atoms with Gasteiger partial charge < -0.3 is 5.32 Å². The molecule has 0 spiro atoms. The molecule has 0 radical (unpaired) electrons. The zero-order valence-electron chi connectivity index (χ0n) is 15.9. The summed E-state index contributed by atoms with van der Waals surface area (Å²) in [4.78, 5) is 16.5. The van der Waals surface area contributed by atoms with Gasteiger partial charge in [-0.1, -0.05) is 94.1 Å². The third-order valence-electron chi connectivity index (χ3n) is 4.60. The number of anilines is 1. The van der Waals surface area contributed by atoms with Crippen molar-refractivity contribution < 1.29 is 4.79 Å². The van der Waals surface area contributed by atoms with Crippen molar-refractivity contribution in [1.82, 2.24) is 4.98 Å². The molecule has 1 aromatic carbocycles. The van der Waals surface area contributed by atoms with Gasteiger partial charge in [0.25, 0.3) is 0 Å². The molecule has 0 atom stereocenters. The lowest BCUT2D eigenvalue weighted by atomic mass is 10.1. The first-order valence-electron chi connectivity index (χ1n) is 10.0. The number of hydrogen-bond acceptors (Lipinski definition) is 3. The minimum atomic E-state index is 0.0612. The van der Waals surface area contributed by atoms with E-state index in [1.807, 2.05) is 18.2 Å². The number of rotatable bonds is 13. The van der Waals surface area contributed by atoms with Gasteiger partial charge in [-0.3, -0.25) is 4.79 Å². The molecule has 5 heteroatoms. The first-order chi connectivity index (χ1) is 12.7. The molecule has 0 aliphatic carbocycles. The lowest BCUT2D eigenvalue weighted by Crippen LogP contribution is -2.10. The van der Waals surface area contributed by atoms with E-state index in [-0.39, 0.29) is 5.91 Å². The molecule has 0 saturated heterocycles. The molecule has 0 unspecified atom stereocenters. The number of nitrogens with zero attached hydrogens (tertiary/aromatic N) is 1. The zero-order valence-corrected chi connectivity index (χ0v) is 17.4. The van der Waals surface area contributed by atoms with Crippen molar-refractivity contribution >= 4 is 44.2 Å². The molecule has 0 saturated carbocycles. The number of unbranched alkanes of at least 4 members (excludes halogenated alkanes) is 10. The molecule has 1 aromatic heterocycles. The summed E-state index contributed by atoms with van der Waals surface area (Å²) in [6.07, 6.45) is 14.8. The van der Waals surface area contributed by atoms with E-state index in [9.17, 15) is 4.79 Å². The number of amides is 1. The van der Waals surface area contributed by atoms with Crippen LogP contribution < -0.4 is 5.32 Å². The summed E-state index contributed by atoms with van der Waals surface area (Å²) < 4.78 is 1.00. The maximum absolute atomic E-state index is 12.0. The van der Waals surface area contributed by atoms with E-state index in [2.05, 4.69) is 17.2 Å². The molecule has 3 nitrogen and oxygen atoms in total. The molecule has 26 heavy (non-hydrogen) atoms. The third kappa shape index (κ3) is 8.05. The Labute approximate surface area is 166 Å². The SMILES string of the molecule is CCCCCCCCCCCCCC(=O)Nc1nc2ccc(Cl)cc2s1. The van der Waals surface area contributed by atoms with Crippen LogP contribution in [0, 0.1) is 0 Å². The van der Waals surface area contributed by atoms with E-state index in [1.54, 1.807) is 0 Å². The predicted molar refractivity (Wildman–Crippen MR) is 114 cm³/mol. The standard InChI is InChI=1S/C21H31ClN2OS/c1-2-3-4-5-6-7-8-9-10-11-12-13-20(25)24-21-23-18-15-14-17(22)16-19(18)26-21/h14-16H,2-13H2,1H3,(H,23,24,25). The Balaban J connectivity index is 1.51. The maximum Gasteiger partial charge on any atom is 0.226 e. The van der Waals surface area contributed by atoms with Crippen LogP contribution in [-0.4, -0.2) is 10.9 Å². The molecule has 1 amide bonds. The van der Waals surface area contributed by atoms with E-state index in [0.717, 1.165) is 23.1 Å². The van der Waals surface area contributed by atoms with Crippen LogP contribution in [0.1, 0.15) is 84.0 Å². The van der Waals surface area contributed by atoms with Crippen molar-refractivity contribution in [3.05, 3.63) is 23.2 Å². The minimum Gasteiger partial charge on any atom is -0.302 e. The molecule has 0 bridgehead atoms. The van der Waals surface area contributed by atoms with Gasteiger partial charge >= 0.3 is 0 Å². The van der Waals surface area contributed by atoms with Crippen molar-refractivity contribution in [1.29, 1.82) is 0 Å². The van der Waals surface area contributed by atoms with Gasteiger partial charge in [0.05, 0.1) is 10.2 Å². The summed E-state index contributed by atoms with van der Waals surface area (Å²) in [6.45, 7) is 2.26. The molecule has 2 aromatic rings. The van der Waals surface area contributed by atoms with Crippen LogP contribution in [0.15, 0.2) is 18.2 Å².